The number of likely N-dealkylation sites (N-methyl/N-ethyl adjacent to an activating group) is 1. The minimum atomic E-state index is -3.58. The summed E-state index contributed by atoms with van der Waals surface area (Å²) in [7, 11) is -2.14. The first-order valence-corrected chi connectivity index (χ1v) is 7.95. The van der Waals surface area contributed by atoms with E-state index < -0.39 is 21.9 Å². The highest BCUT2D eigenvalue weighted by Crippen LogP contribution is 2.22. The van der Waals surface area contributed by atoms with E-state index in [1.165, 1.54) is 13.1 Å². The second-order valence-electron chi connectivity index (χ2n) is 4.42. The van der Waals surface area contributed by atoms with E-state index in [9.17, 15) is 18.0 Å². The lowest BCUT2D eigenvalue weighted by atomic mass is 10.2. The Morgan fingerprint density at radius 1 is 1.32 bits per heavy atom. The summed E-state index contributed by atoms with van der Waals surface area (Å²) in [5, 5.41) is 2.32. The predicted octanol–water partition coefficient (Wildman–Crippen LogP) is -0.596. The number of sulfonamides is 1. The lowest BCUT2D eigenvalue weighted by Crippen LogP contribution is -2.25. The number of nitrogens with one attached hydrogen (secondary N) is 2. The molecule has 1 heterocycles. The average Bonchev–Trinajstić information content (AvgIpc) is 2.76. The second kappa shape index (κ2) is 6.56. The van der Waals surface area contributed by atoms with Crippen molar-refractivity contribution in [3.63, 3.8) is 0 Å². The van der Waals surface area contributed by atoms with Crippen molar-refractivity contribution >= 4 is 27.7 Å². The van der Waals surface area contributed by atoms with Gasteiger partial charge in [0.2, 0.25) is 0 Å². The third kappa shape index (κ3) is 3.61. The fraction of sp³-hybridized carbons (Fsp3) is 0.308. The molecule has 0 unspecified atom stereocenters. The van der Waals surface area contributed by atoms with Gasteiger partial charge in [0.25, 0.3) is 15.9 Å². The largest absolute Gasteiger partial charge is 0.456 e. The number of carbonyl (C=O) groups is 2. The molecule has 0 aliphatic carbocycles. The number of fused-ring (bicyclic) bond motifs is 1. The second-order valence-corrected chi connectivity index (χ2v) is 6.07. The number of ether oxygens (including phenoxy) is 1. The Kier molecular flexibility index (Phi) is 4.76. The quantitative estimate of drug-likeness (QED) is 0.702. The van der Waals surface area contributed by atoms with E-state index in [1.807, 2.05) is 0 Å². The zero-order valence-electron chi connectivity index (χ0n) is 11.8. The number of hydrogen-bond donors (Lipinski definition) is 2. The first-order chi connectivity index (χ1) is 10.4. The van der Waals surface area contributed by atoms with Crippen LogP contribution in [-0.4, -0.2) is 46.3 Å². The lowest BCUT2D eigenvalue weighted by Gasteiger charge is -2.03. The normalized spacial score (nSPS) is 16.7. The SMILES string of the molecule is CNC(=O)COC(=O)CCN=C1NS(=O)(=O)c2ccccc21. The van der Waals surface area contributed by atoms with Crippen LogP contribution in [0.2, 0.25) is 0 Å². The van der Waals surface area contributed by atoms with Crippen LogP contribution in [0.4, 0.5) is 0 Å². The third-order valence-electron chi connectivity index (χ3n) is 2.89. The first-order valence-electron chi connectivity index (χ1n) is 6.47. The van der Waals surface area contributed by atoms with Crippen molar-refractivity contribution in [1.29, 1.82) is 0 Å². The Bertz CT molecular complexity index is 727. The maximum atomic E-state index is 11.8. The van der Waals surface area contributed by atoms with Gasteiger partial charge in [-0.3, -0.25) is 19.3 Å². The van der Waals surface area contributed by atoms with Gasteiger partial charge in [0.05, 0.1) is 17.9 Å². The van der Waals surface area contributed by atoms with Crippen LogP contribution in [0.15, 0.2) is 34.2 Å². The summed E-state index contributed by atoms with van der Waals surface area (Å²) in [6, 6.07) is 6.44. The van der Waals surface area contributed by atoms with Crippen molar-refractivity contribution in [2.24, 2.45) is 4.99 Å². The number of nitrogens with zero attached hydrogens (tertiary/aromatic N) is 1. The molecule has 2 N–H and O–H groups in total. The number of rotatable bonds is 5. The van der Waals surface area contributed by atoms with Crippen LogP contribution in [0.3, 0.4) is 0 Å². The van der Waals surface area contributed by atoms with Crippen molar-refractivity contribution in [2.45, 2.75) is 11.3 Å². The standard InChI is InChI=1S/C13H15N3O5S/c1-14-11(17)8-21-12(18)6-7-15-13-9-4-2-3-5-10(9)22(19,20)16-13/h2-5H,6-8H2,1H3,(H,14,17)(H,15,16). The summed E-state index contributed by atoms with van der Waals surface area (Å²) >= 11 is 0. The van der Waals surface area contributed by atoms with Crippen LogP contribution in [0.1, 0.15) is 12.0 Å². The van der Waals surface area contributed by atoms with E-state index in [2.05, 4.69) is 15.0 Å². The van der Waals surface area contributed by atoms with Crippen LogP contribution < -0.4 is 10.0 Å². The van der Waals surface area contributed by atoms with Crippen LogP contribution in [0.25, 0.3) is 0 Å². The molecule has 9 heteroatoms. The number of benzene rings is 1. The van der Waals surface area contributed by atoms with E-state index in [-0.39, 0.29) is 30.3 Å². The Morgan fingerprint density at radius 3 is 2.77 bits per heavy atom. The zero-order valence-corrected chi connectivity index (χ0v) is 12.6. The predicted molar refractivity (Wildman–Crippen MR) is 77.8 cm³/mol. The van der Waals surface area contributed by atoms with Crippen molar-refractivity contribution in [3.05, 3.63) is 29.8 Å². The molecule has 2 rings (SSSR count). The number of aliphatic imine (C=N–C) groups is 1. The molecule has 1 aromatic carbocycles. The molecule has 1 aliphatic heterocycles. The average molecular weight is 325 g/mol. The molecule has 0 aromatic heterocycles. The van der Waals surface area contributed by atoms with Crippen LogP contribution in [0, 0.1) is 0 Å². The molecule has 118 valence electrons. The van der Waals surface area contributed by atoms with Crippen LogP contribution >= 0.6 is 0 Å². The van der Waals surface area contributed by atoms with Gasteiger partial charge >= 0.3 is 5.97 Å². The van der Waals surface area contributed by atoms with Gasteiger partial charge in [0, 0.05) is 12.6 Å². The van der Waals surface area contributed by atoms with E-state index >= 15 is 0 Å². The molecule has 0 saturated carbocycles. The molecule has 8 nitrogen and oxygen atoms in total. The molecule has 0 radical (unpaired) electrons. The smallest absolute Gasteiger partial charge is 0.308 e. The Hall–Kier alpha value is -2.42. The van der Waals surface area contributed by atoms with Gasteiger partial charge in [-0.05, 0) is 12.1 Å². The van der Waals surface area contributed by atoms with E-state index in [4.69, 9.17) is 4.74 Å². The molecule has 0 atom stereocenters. The molecule has 0 fully saturated rings. The zero-order chi connectivity index (χ0) is 16.2. The first kappa shape index (κ1) is 16.0. The third-order valence-corrected chi connectivity index (χ3v) is 4.29. The van der Waals surface area contributed by atoms with E-state index in [0.29, 0.717) is 5.56 Å². The summed E-state index contributed by atoms with van der Waals surface area (Å²) in [6.45, 7) is -0.292. The van der Waals surface area contributed by atoms with E-state index in [1.54, 1.807) is 18.2 Å². The molecule has 1 aromatic rings. The molecule has 1 amide bonds. The highest BCUT2D eigenvalue weighted by Gasteiger charge is 2.29. The molecule has 22 heavy (non-hydrogen) atoms. The van der Waals surface area contributed by atoms with Crippen LogP contribution in [0.5, 0.6) is 0 Å². The van der Waals surface area contributed by atoms with Gasteiger partial charge in [-0.2, -0.15) is 0 Å². The van der Waals surface area contributed by atoms with Crippen molar-refractivity contribution in [1.82, 2.24) is 10.0 Å². The number of amides is 1. The minimum Gasteiger partial charge on any atom is -0.456 e. The van der Waals surface area contributed by atoms with Gasteiger partial charge in [0.15, 0.2) is 6.61 Å². The minimum absolute atomic E-state index is 0.0512. The Labute approximate surface area is 127 Å². The molecule has 0 spiro atoms. The highest BCUT2D eigenvalue weighted by atomic mass is 32.2. The molecule has 0 saturated heterocycles. The fourth-order valence-corrected chi connectivity index (χ4v) is 3.05. The summed E-state index contributed by atoms with van der Waals surface area (Å²) < 4.78 is 30.7. The number of hydrogen-bond acceptors (Lipinski definition) is 6. The van der Waals surface area contributed by atoms with Crippen molar-refractivity contribution < 1.29 is 22.7 Å². The highest BCUT2D eigenvalue weighted by molar-refractivity contribution is 7.90. The maximum Gasteiger partial charge on any atom is 0.308 e. The van der Waals surface area contributed by atoms with Crippen molar-refractivity contribution in [2.75, 3.05) is 20.2 Å². The summed E-state index contributed by atoms with van der Waals surface area (Å²) in [5.74, 6) is -0.783. The van der Waals surface area contributed by atoms with E-state index in [0.717, 1.165) is 0 Å². The maximum absolute atomic E-state index is 11.8. The molecule has 0 bridgehead atoms. The van der Waals surface area contributed by atoms with Gasteiger partial charge < -0.3 is 10.1 Å². The van der Waals surface area contributed by atoms with Gasteiger partial charge in [-0.25, -0.2) is 8.42 Å². The molecule has 1 aliphatic rings. The molecular weight excluding hydrogens is 310 g/mol. The lowest BCUT2D eigenvalue weighted by molar-refractivity contribution is -0.148. The summed E-state index contributed by atoms with van der Waals surface area (Å²) in [5.41, 5.74) is 0.473. The Morgan fingerprint density at radius 2 is 2.05 bits per heavy atom. The topological polar surface area (TPSA) is 114 Å². The number of esters is 1. The number of amidine groups is 1. The van der Waals surface area contributed by atoms with Gasteiger partial charge in [0.1, 0.15) is 5.84 Å². The number of carbonyl (C=O) groups excluding carboxylic acids is 2. The summed E-state index contributed by atoms with van der Waals surface area (Å²) in [4.78, 5) is 26.6. The van der Waals surface area contributed by atoms with Gasteiger partial charge in [-0.15, -0.1) is 0 Å². The van der Waals surface area contributed by atoms with Crippen LogP contribution in [-0.2, 0) is 24.3 Å². The monoisotopic (exact) mass is 325 g/mol. The van der Waals surface area contributed by atoms with Crippen molar-refractivity contribution in [3.8, 4) is 0 Å². The molecular formula is C13H15N3O5S. The fourth-order valence-electron chi connectivity index (χ4n) is 1.80. The van der Waals surface area contributed by atoms with Gasteiger partial charge in [-0.1, -0.05) is 12.1 Å². The Balaban J connectivity index is 1.95. The summed E-state index contributed by atoms with van der Waals surface area (Å²) in [6.07, 6.45) is -0.0512.